The fraction of sp³-hybridized carbons (Fsp3) is 0.364. The van der Waals surface area contributed by atoms with Gasteiger partial charge in [-0.1, -0.05) is 24.3 Å². The monoisotopic (exact) mass is 438 g/mol. The van der Waals surface area contributed by atoms with E-state index < -0.39 is 41.2 Å². The highest BCUT2D eigenvalue weighted by atomic mass is 19.4. The van der Waals surface area contributed by atoms with Crippen LogP contribution in [0.2, 0.25) is 0 Å². The molecule has 0 aromatic heterocycles. The molecule has 1 aliphatic rings. The SMILES string of the molecule is C[C@@H](c1ccc(C(F)(F)F)cc1)N1CC[C@@](CCC(N)=O)(c2ccc(F)cc2)OC1=O. The zero-order valence-electron chi connectivity index (χ0n) is 16.8. The Morgan fingerprint density at radius 2 is 1.77 bits per heavy atom. The first-order chi connectivity index (χ1) is 14.5. The number of ether oxygens (including phenoxy) is 1. The van der Waals surface area contributed by atoms with E-state index in [0.717, 1.165) is 12.1 Å². The lowest BCUT2D eigenvalue weighted by Crippen LogP contribution is -2.49. The molecule has 1 aliphatic heterocycles. The van der Waals surface area contributed by atoms with Gasteiger partial charge in [-0.2, -0.15) is 13.2 Å². The molecule has 2 N–H and O–H groups in total. The van der Waals surface area contributed by atoms with Crippen molar-refractivity contribution in [3.8, 4) is 0 Å². The predicted octanol–water partition coefficient (Wildman–Crippen LogP) is 4.91. The Morgan fingerprint density at radius 3 is 2.29 bits per heavy atom. The zero-order valence-corrected chi connectivity index (χ0v) is 16.8. The summed E-state index contributed by atoms with van der Waals surface area (Å²) in [6.07, 6.45) is -4.70. The van der Waals surface area contributed by atoms with Crippen LogP contribution in [0.25, 0.3) is 0 Å². The second kappa shape index (κ2) is 8.56. The number of carbonyl (C=O) groups excluding carboxylic acids is 2. The van der Waals surface area contributed by atoms with Crippen molar-refractivity contribution in [2.45, 2.75) is 44.0 Å². The van der Waals surface area contributed by atoms with E-state index in [-0.39, 0.29) is 19.4 Å². The molecule has 9 heteroatoms. The molecule has 2 atom stereocenters. The van der Waals surface area contributed by atoms with Gasteiger partial charge in [0.2, 0.25) is 5.91 Å². The highest BCUT2D eigenvalue weighted by Gasteiger charge is 2.43. The Bertz CT molecular complexity index is 945. The summed E-state index contributed by atoms with van der Waals surface area (Å²) in [6.45, 7) is 1.93. The van der Waals surface area contributed by atoms with Crippen LogP contribution in [0.4, 0.5) is 22.4 Å². The number of alkyl halides is 3. The minimum Gasteiger partial charge on any atom is -0.438 e. The number of nitrogens with zero attached hydrogens (tertiary/aromatic N) is 1. The van der Waals surface area contributed by atoms with Crippen LogP contribution in [0.3, 0.4) is 0 Å². The number of halogens is 4. The first-order valence-corrected chi connectivity index (χ1v) is 9.73. The van der Waals surface area contributed by atoms with E-state index in [1.54, 1.807) is 6.92 Å². The molecule has 31 heavy (non-hydrogen) atoms. The molecule has 1 saturated heterocycles. The number of amides is 2. The molecule has 0 unspecified atom stereocenters. The van der Waals surface area contributed by atoms with Crippen molar-refractivity contribution in [1.82, 2.24) is 4.90 Å². The van der Waals surface area contributed by atoms with Gasteiger partial charge >= 0.3 is 12.3 Å². The number of hydrogen-bond acceptors (Lipinski definition) is 3. The van der Waals surface area contributed by atoms with Gasteiger partial charge in [0.25, 0.3) is 0 Å². The van der Waals surface area contributed by atoms with Crippen LogP contribution in [0.1, 0.15) is 48.9 Å². The van der Waals surface area contributed by atoms with Gasteiger partial charge in [0.15, 0.2) is 0 Å². The lowest BCUT2D eigenvalue weighted by atomic mass is 9.84. The summed E-state index contributed by atoms with van der Waals surface area (Å²) >= 11 is 0. The van der Waals surface area contributed by atoms with E-state index in [1.165, 1.54) is 41.3 Å². The summed E-state index contributed by atoms with van der Waals surface area (Å²) in [6, 6.07) is 9.55. The molecule has 0 bridgehead atoms. The number of cyclic esters (lactones) is 1. The summed E-state index contributed by atoms with van der Waals surface area (Å²) in [4.78, 5) is 25.6. The van der Waals surface area contributed by atoms with Gasteiger partial charge in [0, 0.05) is 25.8 Å². The van der Waals surface area contributed by atoms with Gasteiger partial charge in [0.1, 0.15) is 11.4 Å². The van der Waals surface area contributed by atoms with Crippen molar-refractivity contribution in [3.63, 3.8) is 0 Å². The minimum atomic E-state index is -4.44. The van der Waals surface area contributed by atoms with Gasteiger partial charge < -0.3 is 15.4 Å². The Balaban J connectivity index is 1.81. The van der Waals surface area contributed by atoms with Crippen molar-refractivity contribution in [2.24, 2.45) is 5.73 Å². The van der Waals surface area contributed by atoms with E-state index in [4.69, 9.17) is 10.5 Å². The standard InChI is InChI=1S/C22H22F4N2O3/c1-14(15-2-4-17(5-3-15)22(24,25)26)28-13-12-21(31-20(28)30,11-10-19(27)29)16-6-8-18(23)9-7-16/h2-9,14H,10-13H2,1H3,(H2,27,29)/t14-,21-/m0/s1. The molecule has 0 spiro atoms. The molecule has 3 rings (SSSR count). The first-order valence-electron chi connectivity index (χ1n) is 9.73. The van der Waals surface area contributed by atoms with Crippen molar-refractivity contribution in [1.29, 1.82) is 0 Å². The average molecular weight is 438 g/mol. The number of rotatable bonds is 6. The molecular formula is C22H22F4N2O3. The Morgan fingerprint density at radius 1 is 1.16 bits per heavy atom. The van der Waals surface area contributed by atoms with Gasteiger partial charge in [-0.15, -0.1) is 0 Å². The minimum absolute atomic E-state index is 0.0287. The molecule has 1 heterocycles. The van der Waals surface area contributed by atoms with Crippen molar-refractivity contribution in [3.05, 3.63) is 71.0 Å². The number of hydrogen-bond donors (Lipinski definition) is 1. The Hall–Kier alpha value is -3.10. The smallest absolute Gasteiger partial charge is 0.416 e. The first kappa shape index (κ1) is 22.6. The third-order valence-corrected chi connectivity index (χ3v) is 5.61. The van der Waals surface area contributed by atoms with Gasteiger partial charge in [-0.25, -0.2) is 9.18 Å². The third kappa shape index (κ3) is 4.98. The number of benzene rings is 2. The van der Waals surface area contributed by atoms with E-state index >= 15 is 0 Å². The third-order valence-electron chi connectivity index (χ3n) is 5.61. The van der Waals surface area contributed by atoms with E-state index in [9.17, 15) is 27.2 Å². The predicted molar refractivity (Wildman–Crippen MR) is 104 cm³/mol. The van der Waals surface area contributed by atoms with Crippen molar-refractivity contribution < 1.29 is 31.9 Å². The highest BCUT2D eigenvalue weighted by Crippen LogP contribution is 2.40. The molecule has 0 aliphatic carbocycles. The normalized spacial score (nSPS) is 20.3. The Kier molecular flexibility index (Phi) is 6.24. The highest BCUT2D eigenvalue weighted by molar-refractivity contribution is 5.74. The quantitative estimate of drug-likeness (QED) is 0.652. The number of primary amides is 1. The van der Waals surface area contributed by atoms with E-state index in [2.05, 4.69) is 0 Å². The summed E-state index contributed by atoms with van der Waals surface area (Å²) in [5, 5.41) is 0. The second-order valence-corrected chi connectivity index (χ2v) is 7.57. The van der Waals surface area contributed by atoms with Crippen LogP contribution in [0.15, 0.2) is 48.5 Å². The van der Waals surface area contributed by atoms with E-state index in [1.807, 2.05) is 0 Å². The number of nitrogens with two attached hydrogens (primary N) is 1. The molecule has 1 fully saturated rings. The molecule has 0 radical (unpaired) electrons. The molecular weight excluding hydrogens is 416 g/mol. The number of carbonyl (C=O) groups is 2. The van der Waals surface area contributed by atoms with Crippen LogP contribution in [0.5, 0.6) is 0 Å². The van der Waals surface area contributed by atoms with Crippen LogP contribution in [-0.4, -0.2) is 23.4 Å². The van der Waals surface area contributed by atoms with Crippen LogP contribution < -0.4 is 5.73 Å². The van der Waals surface area contributed by atoms with E-state index in [0.29, 0.717) is 17.5 Å². The maximum atomic E-state index is 13.4. The maximum absolute atomic E-state index is 13.4. The lowest BCUT2D eigenvalue weighted by Gasteiger charge is -2.43. The van der Waals surface area contributed by atoms with Crippen LogP contribution in [-0.2, 0) is 21.3 Å². The summed E-state index contributed by atoms with van der Waals surface area (Å²) < 4.78 is 57.5. The summed E-state index contributed by atoms with van der Waals surface area (Å²) in [5.41, 5.74) is 4.43. The molecule has 5 nitrogen and oxygen atoms in total. The molecule has 2 aromatic carbocycles. The summed E-state index contributed by atoms with van der Waals surface area (Å²) in [5.74, 6) is -1.01. The average Bonchev–Trinajstić information content (AvgIpc) is 2.72. The Labute approximate surface area is 176 Å². The molecule has 166 valence electrons. The lowest BCUT2D eigenvalue weighted by molar-refractivity contribution is -0.137. The maximum Gasteiger partial charge on any atom is 0.416 e. The zero-order chi connectivity index (χ0) is 22.8. The fourth-order valence-corrected chi connectivity index (χ4v) is 3.75. The van der Waals surface area contributed by atoms with Gasteiger partial charge in [-0.05, 0) is 42.3 Å². The van der Waals surface area contributed by atoms with Crippen LogP contribution >= 0.6 is 0 Å². The second-order valence-electron chi connectivity index (χ2n) is 7.57. The van der Waals surface area contributed by atoms with Gasteiger partial charge in [-0.3, -0.25) is 4.79 Å². The van der Waals surface area contributed by atoms with Crippen molar-refractivity contribution in [2.75, 3.05) is 6.54 Å². The largest absolute Gasteiger partial charge is 0.438 e. The van der Waals surface area contributed by atoms with Gasteiger partial charge in [0.05, 0.1) is 11.6 Å². The topological polar surface area (TPSA) is 72.6 Å². The summed E-state index contributed by atoms with van der Waals surface area (Å²) in [7, 11) is 0. The molecule has 2 amide bonds. The van der Waals surface area contributed by atoms with Crippen LogP contribution in [0, 0.1) is 5.82 Å². The molecule has 2 aromatic rings. The van der Waals surface area contributed by atoms with Crippen molar-refractivity contribution >= 4 is 12.0 Å². The molecule has 0 saturated carbocycles. The fourth-order valence-electron chi connectivity index (χ4n) is 3.75.